The van der Waals surface area contributed by atoms with E-state index in [-0.39, 0.29) is 6.42 Å². The number of fused-ring (bicyclic) bond motifs is 1. The number of carbonyl (C=O) groups is 1. The van der Waals surface area contributed by atoms with E-state index in [4.69, 9.17) is 14.6 Å². The van der Waals surface area contributed by atoms with Crippen LogP contribution in [0.15, 0.2) is 10.5 Å². The molecular weight excluding hydrogens is 300 g/mol. The summed E-state index contributed by atoms with van der Waals surface area (Å²) >= 11 is 3.45. The molecule has 0 amide bonds. The zero-order valence-electron chi connectivity index (χ0n) is 10.2. The van der Waals surface area contributed by atoms with Gasteiger partial charge in [-0.3, -0.25) is 4.79 Å². The highest BCUT2D eigenvalue weighted by Gasteiger charge is 2.21. The van der Waals surface area contributed by atoms with E-state index in [1.165, 1.54) is 0 Å². The second-order valence-electron chi connectivity index (χ2n) is 4.10. The third-order valence-corrected chi connectivity index (χ3v) is 3.51. The van der Waals surface area contributed by atoms with Gasteiger partial charge in [0.2, 0.25) is 0 Å². The van der Waals surface area contributed by atoms with Gasteiger partial charge in [-0.15, -0.1) is 0 Å². The number of halogens is 1. The second kappa shape index (κ2) is 5.61. The summed E-state index contributed by atoms with van der Waals surface area (Å²) in [4.78, 5) is 10.7. The molecule has 1 N–H and O–H groups in total. The van der Waals surface area contributed by atoms with Gasteiger partial charge in [-0.2, -0.15) is 0 Å². The number of aliphatic carboxylic acids is 1. The summed E-state index contributed by atoms with van der Waals surface area (Å²) in [7, 11) is 0. The van der Waals surface area contributed by atoms with E-state index >= 15 is 0 Å². The summed E-state index contributed by atoms with van der Waals surface area (Å²) < 4.78 is 12.1. The van der Waals surface area contributed by atoms with Gasteiger partial charge in [-0.05, 0) is 40.4 Å². The van der Waals surface area contributed by atoms with Crippen LogP contribution in [0.2, 0.25) is 0 Å². The molecule has 0 unspecified atom stereocenters. The first-order valence-corrected chi connectivity index (χ1v) is 6.74. The Morgan fingerprint density at radius 3 is 2.67 bits per heavy atom. The van der Waals surface area contributed by atoms with E-state index in [1.807, 2.05) is 13.0 Å². The molecule has 2 rings (SSSR count). The largest absolute Gasteiger partial charge is 0.486 e. The fourth-order valence-electron chi connectivity index (χ4n) is 2.12. The quantitative estimate of drug-likeness (QED) is 0.928. The van der Waals surface area contributed by atoms with Crippen LogP contribution in [0.1, 0.15) is 24.5 Å². The Labute approximate surface area is 114 Å². The summed E-state index contributed by atoms with van der Waals surface area (Å²) in [5.41, 5.74) is 2.06. The van der Waals surface area contributed by atoms with Crippen LogP contribution < -0.4 is 9.47 Å². The maximum atomic E-state index is 10.7. The minimum absolute atomic E-state index is 0.124. The van der Waals surface area contributed by atoms with Crippen LogP contribution in [-0.4, -0.2) is 24.3 Å². The summed E-state index contributed by atoms with van der Waals surface area (Å²) in [6, 6.07) is 1.94. The number of hydrogen-bond acceptors (Lipinski definition) is 3. The van der Waals surface area contributed by atoms with Crippen molar-refractivity contribution in [3.05, 3.63) is 21.7 Å². The van der Waals surface area contributed by atoms with Crippen LogP contribution >= 0.6 is 15.9 Å². The Bertz CT molecular complexity index is 471. The summed E-state index contributed by atoms with van der Waals surface area (Å²) in [6.45, 7) is 3.11. The first-order valence-electron chi connectivity index (χ1n) is 5.95. The molecule has 0 saturated carbocycles. The van der Waals surface area contributed by atoms with Crippen molar-refractivity contribution in [3.8, 4) is 11.5 Å². The molecular formula is C13H15BrO4. The maximum Gasteiger partial charge on any atom is 0.303 e. The molecule has 18 heavy (non-hydrogen) atoms. The average molecular weight is 315 g/mol. The van der Waals surface area contributed by atoms with Gasteiger partial charge in [0.25, 0.3) is 0 Å². The summed E-state index contributed by atoms with van der Waals surface area (Å²) in [5, 5.41) is 8.78. The van der Waals surface area contributed by atoms with E-state index in [0.717, 1.165) is 33.5 Å². The molecule has 98 valence electrons. The average Bonchev–Trinajstić information content (AvgIpc) is 2.36. The van der Waals surface area contributed by atoms with Gasteiger partial charge >= 0.3 is 5.97 Å². The van der Waals surface area contributed by atoms with E-state index in [1.54, 1.807) is 0 Å². The Morgan fingerprint density at radius 2 is 2.06 bits per heavy atom. The minimum atomic E-state index is -0.789. The van der Waals surface area contributed by atoms with Crippen molar-refractivity contribution < 1.29 is 19.4 Å². The van der Waals surface area contributed by atoms with Crippen LogP contribution in [0.5, 0.6) is 11.5 Å². The fraction of sp³-hybridized carbons (Fsp3) is 0.462. The number of hydrogen-bond donors (Lipinski definition) is 1. The highest BCUT2D eigenvalue weighted by atomic mass is 79.9. The van der Waals surface area contributed by atoms with E-state index in [0.29, 0.717) is 19.6 Å². The first kappa shape index (κ1) is 13.2. The molecule has 0 fully saturated rings. The minimum Gasteiger partial charge on any atom is -0.486 e. The van der Waals surface area contributed by atoms with Crippen molar-refractivity contribution in [2.75, 3.05) is 13.2 Å². The van der Waals surface area contributed by atoms with Crippen molar-refractivity contribution in [1.29, 1.82) is 0 Å². The number of rotatable bonds is 4. The predicted molar refractivity (Wildman–Crippen MR) is 70.5 cm³/mol. The molecule has 0 radical (unpaired) electrons. The van der Waals surface area contributed by atoms with Crippen LogP contribution in [0.3, 0.4) is 0 Å². The highest BCUT2D eigenvalue weighted by molar-refractivity contribution is 9.10. The Balaban J connectivity index is 2.40. The van der Waals surface area contributed by atoms with E-state index < -0.39 is 5.97 Å². The molecule has 1 aliphatic rings. The SMILES string of the molecule is CCc1c(CCC(=O)O)cc(Br)c2c1OCCO2. The zero-order chi connectivity index (χ0) is 13.1. The lowest BCUT2D eigenvalue weighted by atomic mass is 9.99. The monoisotopic (exact) mass is 314 g/mol. The lowest BCUT2D eigenvalue weighted by molar-refractivity contribution is -0.136. The topological polar surface area (TPSA) is 55.8 Å². The van der Waals surface area contributed by atoms with Crippen molar-refractivity contribution in [2.45, 2.75) is 26.2 Å². The normalized spacial score (nSPS) is 13.4. The van der Waals surface area contributed by atoms with E-state index in [9.17, 15) is 4.79 Å². The van der Waals surface area contributed by atoms with Crippen LogP contribution in [0.25, 0.3) is 0 Å². The van der Waals surface area contributed by atoms with Gasteiger partial charge in [0, 0.05) is 12.0 Å². The summed E-state index contributed by atoms with van der Waals surface area (Å²) in [5.74, 6) is 0.707. The number of benzene rings is 1. The van der Waals surface area contributed by atoms with Gasteiger partial charge in [0.05, 0.1) is 4.47 Å². The number of carboxylic acids is 1. The maximum absolute atomic E-state index is 10.7. The molecule has 1 aliphatic heterocycles. The molecule has 4 nitrogen and oxygen atoms in total. The predicted octanol–water partition coefficient (Wildman–Crippen LogP) is 2.80. The molecule has 0 aliphatic carbocycles. The van der Waals surface area contributed by atoms with Gasteiger partial charge in [-0.25, -0.2) is 0 Å². The molecule has 1 aromatic carbocycles. The van der Waals surface area contributed by atoms with Crippen molar-refractivity contribution in [3.63, 3.8) is 0 Å². The zero-order valence-corrected chi connectivity index (χ0v) is 11.7. The third kappa shape index (κ3) is 2.61. The molecule has 1 aromatic rings. The van der Waals surface area contributed by atoms with Crippen LogP contribution in [-0.2, 0) is 17.6 Å². The lowest BCUT2D eigenvalue weighted by Gasteiger charge is -2.24. The van der Waals surface area contributed by atoms with E-state index in [2.05, 4.69) is 15.9 Å². The van der Waals surface area contributed by atoms with Gasteiger partial charge in [-0.1, -0.05) is 6.92 Å². The van der Waals surface area contributed by atoms with Crippen molar-refractivity contribution in [2.24, 2.45) is 0 Å². The second-order valence-corrected chi connectivity index (χ2v) is 4.95. The lowest BCUT2D eigenvalue weighted by Crippen LogP contribution is -2.18. The van der Waals surface area contributed by atoms with Crippen LogP contribution in [0.4, 0.5) is 0 Å². The van der Waals surface area contributed by atoms with Gasteiger partial charge < -0.3 is 14.6 Å². The molecule has 0 bridgehead atoms. The van der Waals surface area contributed by atoms with Crippen molar-refractivity contribution >= 4 is 21.9 Å². The number of carboxylic acid groups (broad SMARTS) is 1. The molecule has 0 atom stereocenters. The molecule has 5 heteroatoms. The summed E-state index contributed by atoms with van der Waals surface area (Å²) in [6.07, 6.45) is 1.43. The Hall–Kier alpha value is -1.23. The third-order valence-electron chi connectivity index (χ3n) is 2.92. The fourth-order valence-corrected chi connectivity index (χ4v) is 2.69. The first-order chi connectivity index (χ1) is 8.63. The number of ether oxygens (including phenoxy) is 2. The molecule has 0 saturated heterocycles. The smallest absolute Gasteiger partial charge is 0.303 e. The molecule has 1 heterocycles. The standard InChI is InChI=1S/C13H15BrO4/c1-2-9-8(3-4-11(15)16)7-10(14)13-12(9)17-5-6-18-13/h7H,2-6H2,1H3,(H,15,16). The number of aryl methyl sites for hydroxylation is 1. The molecule has 0 spiro atoms. The Kier molecular flexibility index (Phi) is 4.11. The Morgan fingerprint density at radius 1 is 1.39 bits per heavy atom. The van der Waals surface area contributed by atoms with Crippen molar-refractivity contribution in [1.82, 2.24) is 0 Å². The van der Waals surface area contributed by atoms with Gasteiger partial charge in [0.1, 0.15) is 13.2 Å². The molecule has 0 aromatic heterocycles. The highest BCUT2D eigenvalue weighted by Crippen LogP contribution is 2.42. The van der Waals surface area contributed by atoms with Crippen LogP contribution in [0, 0.1) is 0 Å². The van der Waals surface area contributed by atoms with Gasteiger partial charge in [0.15, 0.2) is 11.5 Å².